The zero-order valence-corrected chi connectivity index (χ0v) is 11.0. The molecular weight excluding hydrogens is 330 g/mol. The normalized spacial score (nSPS) is 8.33. The first-order valence-electron chi connectivity index (χ1n) is 3.49. The molecule has 0 unspecified atom stereocenters. The first kappa shape index (κ1) is 17.0. The zero-order valence-electron chi connectivity index (χ0n) is 7.64. The van der Waals surface area contributed by atoms with Crippen molar-refractivity contribution in [2.75, 3.05) is 5.75 Å². The van der Waals surface area contributed by atoms with Gasteiger partial charge in [0, 0.05) is 0 Å². The minimum atomic E-state index is -0.819. The molecule has 0 saturated carbocycles. The molecule has 15 heavy (non-hydrogen) atoms. The molecule has 0 heterocycles. The van der Waals surface area contributed by atoms with Crippen LogP contribution in [-0.2, 0) is 4.79 Å². The average Bonchev–Trinajstić information content (AvgIpc) is 2.15. The number of thioether (sulfide) groups is 1. The van der Waals surface area contributed by atoms with Crippen molar-refractivity contribution >= 4 is 41.2 Å². The predicted octanol–water partition coefficient (Wildman–Crippen LogP) is -0.324. The van der Waals surface area contributed by atoms with Gasteiger partial charge < -0.3 is 11.0 Å². The molecule has 2 radical (unpaired) electrons. The van der Waals surface area contributed by atoms with Crippen molar-refractivity contribution in [3.05, 3.63) is 24.3 Å². The molecule has 0 aliphatic heterocycles. The van der Waals surface area contributed by atoms with E-state index in [0.717, 1.165) is 10.6 Å². The van der Waals surface area contributed by atoms with Crippen LogP contribution in [0.4, 0.5) is 0 Å². The van der Waals surface area contributed by atoms with E-state index in [1.807, 2.05) is 24.3 Å². The first-order chi connectivity index (χ1) is 6.24. The molecule has 0 bridgehead atoms. The minimum absolute atomic E-state index is 0. The van der Waals surface area contributed by atoms with Crippen molar-refractivity contribution < 1.29 is 23.9 Å². The van der Waals surface area contributed by atoms with Crippen LogP contribution in [0.3, 0.4) is 0 Å². The van der Waals surface area contributed by atoms with Gasteiger partial charge in [-0.25, -0.2) is 0 Å². The maximum absolute atomic E-state index is 10.3. The van der Waals surface area contributed by atoms with Gasteiger partial charge in [-0.3, -0.25) is 0 Å². The molecule has 0 saturated heterocycles. The van der Waals surface area contributed by atoms with Gasteiger partial charge in [-0.2, -0.15) is 0 Å². The SMILES string of the molecule is O.O.O=C(O)CSc1ccccc1[O][Sb]. The van der Waals surface area contributed by atoms with Crippen molar-refractivity contribution in [1.82, 2.24) is 0 Å². The van der Waals surface area contributed by atoms with Crippen LogP contribution < -0.4 is 3.02 Å². The van der Waals surface area contributed by atoms with E-state index in [9.17, 15) is 4.79 Å². The number of carboxylic acid groups (broad SMARTS) is 1. The van der Waals surface area contributed by atoms with Gasteiger partial charge in [0.2, 0.25) is 0 Å². The van der Waals surface area contributed by atoms with E-state index in [0.29, 0.717) is 0 Å². The van der Waals surface area contributed by atoms with Crippen LogP contribution in [0.25, 0.3) is 0 Å². The van der Waals surface area contributed by atoms with Crippen molar-refractivity contribution in [3.63, 3.8) is 0 Å². The Bertz CT molecular complexity index is 307. The average molecular weight is 341 g/mol. The number of rotatable bonds is 4. The first-order valence-corrected chi connectivity index (χ1v) is 5.52. The Morgan fingerprint density at radius 2 is 2.00 bits per heavy atom. The van der Waals surface area contributed by atoms with Crippen LogP contribution in [-0.4, -0.2) is 51.2 Å². The molecule has 0 aliphatic carbocycles. The molecule has 5 N–H and O–H groups in total. The third-order valence-electron chi connectivity index (χ3n) is 1.30. The Labute approximate surface area is 105 Å². The Morgan fingerprint density at radius 1 is 1.40 bits per heavy atom. The molecule has 0 amide bonds. The molecule has 1 aromatic rings. The van der Waals surface area contributed by atoms with Gasteiger partial charge in [-0.05, 0) is 0 Å². The van der Waals surface area contributed by atoms with Crippen LogP contribution in [0.15, 0.2) is 29.2 Å². The Kier molecular flexibility index (Phi) is 10.0. The molecule has 5 nitrogen and oxygen atoms in total. The summed E-state index contributed by atoms with van der Waals surface area (Å²) < 4.78 is 5.11. The fourth-order valence-corrected chi connectivity index (χ4v) is 2.13. The fraction of sp³-hybridized carbons (Fsp3) is 0.125. The third kappa shape index (κ3) is 5.89. The van der Waals surface area contributed by atoms with Crippen LogP contribution >= 0.6 is 11.8 Å². The second-order valence-electron chi connectivity index (χ2n) is 2.22. The summed E-state index contributed by atoms with van der Waals surface area (Å²) >= 11 is 2.49. The van der Waals surface area contributed by atoms with Crippen LogP contribution in [0.2, 0.25) is 0 Å². The topological polar surface area (TPSA) is 110 Å². The third-order valence-corrected chi connectivity index (χ3v) is 2.90. The molecule has 0 atom stereocenters. The number of hydrogen-bond acceptors (Lipinski definition) is 3. The molecule has 84 valence electrons. The van der Waals surface area contributed by atoms with Gasteiger partial charge in [0.15, 0.2) is 0 Å². The van der Waals surface area contributed by atoms with E-state index in [4.69, 9.17) is 8.12 Å². The monoisotopic (exact) mass is 340 g/mol. The van der Waals surface area contributed by atoms with Crippen molar-refractivity contribution in [3.8, 4) is 5.75 Å². The maximum atomic E-state index is 10.3. The summed E-state index contributed by atoms with van der Waals surface area (Å²) in [6, 6.07) is 7.39. The number of carboxylic acids is 1. The molecule has 1 aromatic carbocycles. The summed E-state index contributed by atoms with van der Waals surface area (Å²) in [6.45, 7) is 0. The van der Waals surface area contributed by atoms with E-state index in [1.54, 1.807) is 0 Å². The number of aliphatic carboxylic acids is 1. The summed E-state index contributed by atoms with van der Waals surface area (Å²) in [5, 5.41) is 8.48. The number of carbonyl (C=O) groups is 1. The van der Waals surface area contributed by atoms with Crippen LogP contribution in [0.5, 0.6) is 5.75 Å². The molecule has 7 heteroatoms. The van der Waals surface area contributed by atoms with Gasteiger partial charge in [0.05, 0.1) is 0 Å². The van der Waals surface area contributed by atoms with Gasteiger partial charge >= 0.3 is 94.8 Å². The summed E-state index contributed by atoms with van der Waals surface area (Å²) in [7, 11) is 0. The summed E-state index contributed by atoms with van der Waals surface area (Å²) in [5.41, 5.74) is 0. The number of para-hydroxylation sites is 1. The van der Waals surface area contributed by atoms with Crippen molar-refractivity contribution in [2.45, 2.75) is 4.90 Å². The number of hydrogen-bond donors (Lipinski definition) is 1. The van der Waals surface area contributed by atoms with Crippen molar-refractivity contribution in [1.29, 1.82) is 0 Å². The van der Waals surface area contributed by atoms with E-state index in [1.165, 1.54) is 35.2 Å². The molecule has 0 aromatic heterocycles. The molecule has 0 aliphatic rings. The standard InChI is InChI=1S/C8H8O3S.2H2O.Sb/c9-6-3-1-2-4-7(6)12-5-8(10)11;;;/h1-4,9H,5H2,(H,10,11);2*1H2;/q;;;+1/p-1. The Hall–Kier alpha value is -0.422. The van der Waals surface area contributed by atoms with Gasteiger partial charge in [0.1, 0.15) is 0 Å². The van der Waals surface area contributed by atoms with E-state index < -0.39 is 5.97 Å². The van der Waals surface area contributed by atoms with E-state index >= 15 is 0 Å². The van der Waals surface area contributed by atoms with Crippen LogP contribution in [0.1, 0.15) is 0 Å². The zero-order chi connectivity index (χ0) is 9.68. The fourth-order valence-electron chi connectivity index (χ4n) is 0.784. The second-order valence-corrected chi connectivity index (χ2v) is 3.76. The molecular formula is C8H11O5SSb. The van der Waals surface area contributed by atoms with Gasteiger partial charge in [-0.15, -0.1) is 0 Å². The molecule has 1 rings (SSSR count). The summed E-state index contributed by atoms with van der Waals surface area (Å²) in [6.07, 6.45) is 0. The van der Waals surface area contributed by atoms with Gasteiger partial charge in [0.25, 0.3) is 0 Å². The summed E-state index contributed by atoms with van der Waals surface area (Å²) in [5.74, 6) is -0.0190. The van der Waals surface area contributed by atoms with E-state index in [-0.39, 0.29) is 16.7 Å². The Morgan fingerprint density at radius 3 is 2.53 bits per heavy atom. The Balaban J connectivity index is 0. The second kappa shape index (κ2) is 8.85. The predicted molar refractivity (Wildman–Crippen MR) is 58.4 cm³/mol. The van der Waals surface area contributed by atoms with Crippen molar-refractivity contribution in [2.24, 2.45) is 0 Å². The molecule has 0 spiro atoms. The van der Waals surface area contributed by atoms with Crippen LogP contribution in [0, 0.1) is 0 Å². The van der Waals surface area contributed by atoms with E-state index in [2.05, 4.69) is 0 Å². The van der Waals surface area contributed by atoms with Gasteiger partial charge in [-0.1, -0.05) is 0 Å². The number of benzene rings is 1. The summed E-state index contributed by atoms with van der Waals surface area (Å²) in [4.78, 5) is 11.2. The quantitative estimate of drug-likeness (QED) is 0.598. The molecule has 0 fully saturated rings.